The molecule has 1 atom stereocenters. The first-order chi connectivity index (χ1) is 9.61. The smallest absolute Gasteiger partial charge is 0.243 e. The molecule has 1 fully saturated rings. The fraction of sp³-hybridized carbons (Fsp3) is 0.600. The summed E-state index contributed by atoms with van der Waals surface area (Å²) in [5, 5.41) is 3.16. The van der Waals surface area contributed by atoms with Gasteiger partial charge in [0.25, 0.3) is 0 Å². The van der Waals surface area contributed by atoms with E-state index in [9.17, 15) is 8.42 Å². The summed E-state index contributed by atoms with van der Waals surface area (Å²) in [6.45, 7) is 1.20. The summed E-state index contributed by atoms with van der Waals surface area (Å²) < 4.78 is 27.0. The predicted molar refractivity (Wildman–Crippen MR) is 79.3 cm³/mol. The number of hydrogen-bond donors (Lipinski definition) is 1. The van der Waals surface area contributed by atoms with Crippen LogP contribution in [0.1, 0.15) is 30.4 Å². The minimum atomic E-state index is -3.32. The van der Waals surface area contributed by atoms with Crippen LogP contribution in [0.15, 0.2) is 23.1 Å². The molecular formula is C15H22N2O2S. The van der Waals surface area contributed by atoms with Gasteiger partial charge >= 0.3 is 0 Å². The highest BCUT2D eigenvalue weighted by molar-refractivity contribution is 7.89. The van der Waals surface area contributed by atoms with Crippen molar-refractivity contribution in [3.63, 3.8) is 0 Å². The Morgan fingerprint density at radius 3 is 2.65 bits per heavy atom. The topological polar surface area (TPSA) is 49.4 Å². The molecule has 1 heterocycles. The average molecular weight is 294 g/mol. The monoisotopic (exact) mass is 294 g/mol. The first-order valence-corrected chi connectivity index (χ1v) is 8.84. The summed E-state index contributed by atoms with van der Waals surface area (Å²) in [4.78, 5) is 0.468. The summed E-state index contributed by atoms with van der Waals surface area (Å²) in [7, 11) is -1.43. The molecule has 1 aliphatic heterocycles. The molecule has 20 heavy (non-hydrogen) atoms. The highest BCUT2D eigenvalue weighted by Gasteiger charge is 2.32. The molecule has 0 amide bonds. The molecule has 1 N–H and O–H groups in total. The minimum Gasteiger partial charge on any atom is -0.316 e. The van der Waals surface area contributed by atoms with Crippen LogP contribution in [-0.4, -0.2) is 38.9 Å². The quantitative estimate of drug-likeness (QED) is 0.920. The zero-order valence-corrected chi connectivity index (χ0v) is 12.7. The summed E-state index contributed by atoms with van der Waals surface area (Å²) in [6, 6.07) is 5.97. The Kier molecular flexibility index (Phi) is 3.84. The van der Waals surface area contributed by atoms with Gasteiger partial charge in [0.15, 0.2) is 0 Å². The number of likely N-dealkylation sites (N-methyl/N-ethyl adjacent to an activating group) is 1. The summed E-state index contributed by atoms with van der Waals surface area (Å²) >= 11 is 0. The van der Waals surface area contributed by atoms with Crippen molar-refractivity contribution in [3.8, 4) is 0 Å². The molecule has 3 rings (SSSR count). The number of nitrogens with one attached hydrogen (secondary N) is 1. The van der Waals surface area contributed by atoms with Crippen LogP contribution in [0.4, 0.5) is 0 Å². The lowest BCUT2D eigenvalue weighted by molar-refractivity contribution is 0.464. The van der Waals surface area contributed by atoms with E-state index in [1.165, 1.54) is 24.0 Å². The third kappa shape index (κ3) is 2.50. The molecule has 1 unspecified atom stereocenters. The number of hydrogen-bond acceptors (Lipinski definition) is 3. The van der Waals surface area contributed by atoms with Gasteiger partial charge in [-0.1, -0.05) is 6.07 Å². The first kappa shape index (κ1) is 14.0. The van der Waals surface area contributed by atoms with Crippen LogP contribution in [0.3, 0.4) is 0 Å². The number of aryl methyl sites for hydroxylation is 2. The van der Waals surface area contributed by atoms with E-state index in [4.69, 9.17) is 0 Å². The average Bonchev–Trinajstić information content (AvgIpc) is 2.96. The summed E-state index contributed by atoms with van der Waals surface area (Å²) in [6.07, 6.45) is 5.37. The summed E-state index contributed by atoms with van der Waals surface area (Å²) in [5.74, 6) is 0. The Labute approximate surface area is 121 Å². The normalized spacial score (nSPS) is 23.8. The number of benzene rings is 1. The zero-order valence-electron chi connectivity index (χ0n) is 11.9. The van der Waals surface area contributed by atoms with E-state index in [1.807, 2.05) is 19.2 Å². The van der Waals surface area contributed by atoms with Crippen molar-refractivity contribution >= 4 is 10.0 Å². The lowest BCUT2D eigenvalue weighted by atomic mass is 9.92. The Hall–Kier alpha value is -0.910. The number of fused-ring (bicyclic) bond motifs is 1. The van der Waals surface area contributed by atoms with Crippen molar-refractivity contribution in [3.05, 3.63) is 29.3 Å². The van der Waals surface area contributed by atoms with Gasteiger partial charge in [0.2, 0.25) is 10.0 Å². The highest BCUT2D eigenvalue weighted by Crippen LogP contribution is 2.27. The first-order valence-electron chi connectivity index (χ1n) is 7.40. The maximum absolute atomic E-state index is 12.7. The molecule has 5 heteroatoms. The van der Waals surface area contributed by atoms with Crippen LogP contribution in [0.25, 0.3) is 0 Å². The molecule has 0 radical (unpaired) electrons. The minimum absolute atomic E-state index is 0.280. The lowest BCUT2D eigenvalue weighted by Gasteiger charge is -2.20. The van der Waals surface area contributed by atoms with Gasteiger partial charge in [-0.05, 0) is 62.4 Å². The summed E-state index contributed by atoms with van der Waals surface area (Å²) in [5.41, 5.74) is 2.55. The zero-order chi connectivity index (χ0) is 14.2. The third-order valence-electron chi connectivity index (χ3n) is 4.52. The SMILES string of the molecule is CNC1CCN(S(=O)(=O)c2ccc3c(c2)CCCC3)C1. The van der Waals surface area contributed by atoms with Crippen molar-refractivity contribution in [2.75, 3.05) is 20.1 Å². The fourth-order valence-corrected chi connectivity index (χ4v) is 4.75. The second kappa shape index (κ2) is 5.47. The molecule has 4 nitrogen and oxygen atoms in total. The van der Waals surface area contributed by atoms with Gasteiger partial charge in [0.05, 0.1) is 4.90 Å². The van der Waals surface area contributed by atoms with Crippen molar-refractivity contribution < 1.29 is 8.42 Å². The fourth-order valence-electron chi connectivity index (χ4n) is 3.20. The maximum atomic E-state index is 12.7. The van der Waals surface area contributed by atoms with Gasteiger partial charge in [0.1, 0.15) is 0 Å². The van der Waals surface area contributed by atoms with Crippen LogP contribution >= 0.6 is 0 Å². The molecule has 0 spiro atoms. The molecule has 0 saturated carbocycles. The van der Waals surface area contributed by atoms with Gasteiger partial charge in [-0.25, -0.2) is 8.42 Å². The van der Waals surface area contributed by atoms with Gasteiger partial charge in [-0.2, -0.15) is 4.31 Å². The molecule has 1 aromatic rings. The van der Waals surface area contributed by atoms with Crippen molar-refractivity contribution in [1.82, 2.24) is 9.62 Å². The second-order valence-corrected chi connectivity index (χ2v) is 7.71. The highest BCUT2D eigenvalue weighted by atomic mass is 32.2. The van der Waals surface area contributed by atoms with E-state index in [0.717, 1.165) is 19.3 Å². The van der Waals surface area contributed by atoms with E-state index in [0.29, 0.717) is 18.0 Å². The van der Waals surface area contributed by atoms with E-state index in [2.05, 4.69) is 5.32 Å². The van der Waals surface area contributed by atoms with Gasteiger partial charge in [0, 0.05) is 19.1 Å². The van der Waals surface area contributed by atoms with Crippen LogP contribution in [0.5, 0.6) is 0 Å². The number of rotatable bonds is 3. The lowest BCUT2D eigenvalue weighted by Crippen LogP contribution is -2.33. The molecule has 0 bridgehead atoms. The molecule has 1 aliphatic carbocycles. The Balaban J connectivity index is 1.88. The van der Waals surface area contributed by atoms with Crippen LogP contribution in [0.2, 0.25) is 0 Å². The molecule has 1 saturated heterocycles. The van der Waals surface area contributed by atoms with E-state index in [1.54, 1.807) is 10.4 Å². The standard InChI is InChI=1S/C15H22N2O2S/c1-16-14-8-9-17(11-14)20(18,19)15-7-6-12-4-2-3-5-13(12)10-15/h6-7,10,14,16H,2-5,8-9,11H2,1H3. The van der Waals surface area contributed by atoms with Gasteiger partial charge in [-0.3, -0.25) is 0 Å². The molecular weight excluding hydrogens is 272 g/mol. The molecule has 110 valence electrons. The van der Waals surface area contributed by atoms with Crippen LogP contribution in [0, 0.1) is 0 Å². The number of nitrogens with zero attached hydrogens (tertiary/aromatic N) is 1. The van der Waals surface area contributed by atoms with Gasteiger partial charge in [-0.15, -0.1) is 0 Å². The van der Waals surface area contributed by atoms with Crippen LogP contribution < -0.4 is 5.32 Å². The van der Waals surface area contributed by atoms with Crippen molar-refractivity contribution in [2.24, 2.45) is 0 Å². The Bertz CT molecular complexity index is 598. The largest absolute Gasteiger partial charge is 0.316 e. The molecule has 1 aromatic carbocycles. The molecule has 2 aliphatic rings. The molecule has 0 aromatic heterocycles. The van der Waals surface area contributed by atoms with Crippen molar-refractivity contribution in [1.29, 1.82) is 0 Å². The Morgan fingerprint density at radius 1 is 1.20 bits per heavy atom. The number of sulfonamides is 1. The van der Waals surface area contributed by atoms with E-state index >= 15 is 0 Å². The second-order valence-electron chi connectivity index (χ2n) is 5.77. The third-order valence-corrected chi connectivity index (χ3v) is 6.38. The predicted octanol–water partition coefficient (Wildman–Crippen LogP) is 1.55. The van der Waals surface area contributed by atoms with Crippen molar-refractivity contribution in [2.45, 2.75) is 43.0 Å². The van der Waals surface area contributed by atoms with Gasteiger partial charge < -0.3 is 5.32 Å². The van der Waals surface area contributed by atoms with E-state index in [-0.39, 0.29) is 6.04 Å². The van der Waals surface area contributed by atoms with E-state index < -0.39 is 10.0 Å². The Morgan fingerprint density at radius 2 is 1.95 bits per heavy atom. The van der Waals surface area contributed by atoms with Crippen LogP contribution in [-0.2, 0) is 22.9 Å². The maximum Gasteiger partial charge on any atom is 0.243 e.